The molecule has 0 spiro atoms. The second kappa shape index (κ2) is 6.77. The molecule has 0 aliphatic rings. The van der Waals surface area contributed by atoms with Crippen molar-refractivity contribution in [1.29, 1.82) is 0 Å². The molecule has 0 radical (unpaired) electrons. The first-order valence-corrected chi connectivity index (χ1v) is 6.48. The van der Waals surface area contributed by atoms with E-state index in [1.807, 2.05) is 6.92 Å². The second-order valence-corrected chi connectivity index (χ2v) is 5.31. The van der Waals surface area contributed by atoms with E-state index >= 15 is 0 Å². The van der Waals surface area contributed by atoms with Crippen molar-refractivity contribution in [3.63, 3.8) is 0 Å². The molecule has 17 heavy (non-hydrogen) atoms. The summed E-state index contributed by atoms with van der Waals surface area (Å²) in [6.07, 6.45) is 1.13. The number of aliphatic hydroxyl groups excluding tert-OH is 1. The third kappa shape index (κ3) is 4.88. The molecule has 96 valence electrons. The highest BCUT2D eigenvalue weighted by Gasteiger charge is 2.08. The molecule has 0 amide bonds. The van der Waals surface area contributed by atoms with Crippen LogP contribution in [0.4, 0.5) is 0 Å². The fraction of sp³-hybridized carbons (Fsp3) is 0.600. The van der Waals surface area contributed by atoms with E-state index in [-0.39, 0.29) is 18.7 Å². The van der Waals surface area contributed by atoms with Crippen LogP contribution >= 0.6 is 0 Å². The topological polar surface area (TPSA) is 32.3 Å². The van der Waals surface area contributed by atoms with Gasteiger partial charge in [-0.2, -0.15) is 0 Å². The Morgan fingerprint density at radius 2 is 1.65 bits per heavy atom. The maximum absolute atomic E-state index is 9.01. The van der Waals surface area contributed by atoms with Crippen molar-refractivity contribution in [1.82, 2.24) is 5.32 Å². The minimum Gasteiger partial charge on any atom is -0.395 e. The lowest BCUT2D eigenvalue weighted by Gasteiger charge is -2.19. The van der Waals surface area contributed by atoms with Gasteiger partial charge in [0.15, 0.2) is 0 Å². The number of hydrogen-bond donors (Lipinski definition) is 2. The van der Waals surface area contributed by atoms with Gasteiger partial charge in [-0.05, 0) is 37.3 Å². The van der Waals surface area contributed by atoms with Crippen molar-refractivity contribution < 1.29 is 5.11 Å². The second-order valence-electron chi connectivity index (χ2n) is 5.31. The van der Waals surface area contributed by atoms with Crippen LogP contribution in [0.3, 0.4) is 0 Å². The van der Waals surface area contributed by atoms with Crippen molar-refractivity contribution in [2.45, 2.75) is 46.2 Å². The highest BCUT2D eigenvalue weighted by atomic mass is 16.3. The average molecular weight is 235 g/mol. The summed E-state index contributed by atoms with van der Waals surface area (Å²) in [6, 6.07) is 9.19. The van der Waals surface area contributed by atoms with Crippen LogP contribution < -0.4 is 5.32 Å². The molecular formula is C15H25NO. The van der Waals surface area contributed by atoms with E-state index < -0.39 is 0 Å². The molecule has 0 saturated heterocycles. The summed E-state index contributed by atoms with van der Waals surface area (Å²) in [4.78, 5) is 0. The minimum atomic E-state index is 0.139. The highest BCUT2D eigenvalue weighted by molar-refractivity contribution is 5.25. The van der Waals surface area contributed by atoms with Gasteiger partial charge in [-0.1, -0.05) is 38.1 Å². The SMILES string of the molecule is CC(C)Cc1ccc(C(C)NC(C)CO)cc1. The van der Waals surface area contributed by atoms with Crippen molar-refractivity contribution in [2.24, 2.45) is 5.92 Å². The van der Waals surface area contributed by atoms with Gasteiger partial charge in [0.25, 0.3) is 0 Å². The van der Waals surface area contributed by atoms with Gasteiger partial charge in [-0.25, -0.2) is 0 Å². The number of nitrogens with one attached hydrogen (secondary N) is 1. The monoisotopic (exact) mass is 235 g/mol. The van der Waals surface area contributed by atoms with E-state index in [2.05, 4.69) is 50.4 Å². The summed E-state index contributed by atoms with van der Waals surface area (Å²) in [6.45, 7) is 8.77. The van der Waals surface area contributed by atoms with E-state index in [4.69, 9.17) is 5.11 Å². The predicted octanol–water partition coefficient (Wildman–Crippen LogP) is 2.92. The van der Waals surface area contributed by atoms with Crippen LogP contribution in [0.5, 0.6) is 0 Å². The predicted molar refractivity (Wildman–Crippen MR) is 73.1 cm³/mol. The van der Waals surface area contributed by atoms with Crippen molar-refractivity contribution in [3.05, 3.63) is 35.4 Å². The van der Waals surface area contributed by atoms with Gasteiger partial charge in [0.05, 0.1) is 6.61 Å². The minimum absolute atomic E-state index is 0.139. The van der Waals surface area contributed by atoms with Crippen LogP contribution in [0.2, 0.25) is 0 Å². The molecule has 2 unspecified atom stereocenters. The molecule has 0 aliphatic heterocycles. The highest BCUT2D eigenvalue weighted by Crippen LogP contribution is 2.15. The fourth-order valence-electron chi connectivity index (χ4n) is 1.99. The summed E-state index contributed by atoms with van der Waals surface area (Å²) < 4.78 is 0. The molecule has 1 rings (SSSR count). The van der Waals surface area contributed by atoms with Crippen LogP contribution in [0.15, 0.2) is 24.3 Å². The van der Waals surface area contributed by atoms with Gasteiger partial charge < -0.3 is 10.4 Å². The maximum Gasteiger partial charge on any atom is 0.0582 e. The van der Waals surface area contributed by atoms with Crippen molar-refractivity contribution in [3.8, 4) is 0 Å². The Bertz CT molecular complexity index is 318. The molecule has 0 aliphatic carbocycles. The zero-order chi connectivity index (χ0) is 12.8. The first-order chi connectivity index (χ1) is 8.02. The van der Waals surface area contributed by atoms with Gasteiger partial charge in [0.2, 0.25) is 0 Å². The Labute approximate surface area is 105 Å². The zero-order valence-corrected chi connectivity index (χ0v) is 11.4. The van der Waals surface area contributed by atoms with Crippen molar-refractivity contribution >= 4 is 0 Å². The van der Waals surface area contributed by atoms with E-state index in [0.29, 0.717) is 5.92 Å². The molecule has 0 aromatic heterocycles. The number of hydrogen-bond acceptors (Lipinski definition) is 2. The lowest BCUT2D eigenvalue weighted by Crippen LogP contribution is -2.31. The molecule has 0 saturated carbocycles. The van der Waals surface area contributed by atoms with Crippen LogP contribution in [0, 0.1) is 5.92 Å². The van der Waals surface area contributed by atoms with Gasteiger partial charge >= 0.3 is 0 Å². The number of rotatable bonds is 6. The molecule has 0 fully saturated rings. The van der Waals surface area contributed by atoms with Gasteiger partial charge in [0, 0.05) is 12.1 Å². The van der Waals surface area contributed by atoms with Crippen LogP contribution in [-0.2, 0) is 6.42 Å². The Morgan fingerprint density at radius 3 is 2.12 bits per heavy atom. The molecule has 2 N–H and O–H groups in total. The zero-order valence-electron chi connectivity index (χ0n) is 11.4. The number of aliphatic hydroxyl groups is 1. The first-order valence-electron chi connectivity index (χ1n) is 6.48. The van der Waals surface area contributed by atoms with Gasteiger partial charge in [-0.3, -0.25) is 0 Å². The molecular weight excluding hydrogens is 210 g/mol. The summed E-state index contributed by atoms with van der Waals surface area (Å²) in [7, 11) is 0. The summed E-state index contributed by atoms with van der Waals surface area (Å²) in [5.41, 5.74) is 2.67. The lowest BCUT2D eigenvalue weighted by molar-refractivity contribution is 0.243. The third-order valence-electron chi connectivity index (χ3n) is 2.93. The Morgan fingerprint density at radius 1 is 1.06 bits per heavy atom. The standard InChI is InChI=1S/C15H25NO/c1-11(2)9-14-5-7-15(8-6-14)13(4)16-12(3)10-17/h5-8,11-13,16-17H,9-10H2,1-4H3. The smallest absolute Gasteiger partial charge is 0.0582 e. The van der Waals surface area contributed by atoms with E-state index in [1.165, 1.54) is 11.1 Å². The molecule has 2 nitrogen and oxygen atoms in total. The van der Waals surface area contributed by atoms with E-state index in [9.17, 15) is 0 Å². The van der Waals surface area contributed by atoms with Crippen molar-refractivity contribution in [2.75, 3.05) is 6.61 Å². The molecule has 2 heteroatoms. The number of benzene rings is 1. The molecule has 0 bridgehead atoms. The third-order valence-corrected chi connectivity index (χ3v) is 2.93. The maximum atomic E-state index is 9.01. The van der Waals surface area contributed by atoms with E-state index in [1.54, 1.807) is 0 Å². The van der Waals surface area contributed by atoms with Gasteiger partial charge in [-0.15, -0.1) is 0 Å². The largest absolute Gasteiger partial charge is 0.395 e. The molecule has 1 aromatic rings. The van der Waals surface area contributed by atoms with Gasteiger partial charge in [0.1, 0.15) is 0 Å². The van der Waals surface area contributed by atoms with Crippen LogP contribution in [0.1, 0.15) is 44.9 Å². The van der Waals surface area contributed by atoms with Crippen LogP contribution in [-0.4, -0.2) is 17.8 Å². The average Bonchev–Trinajstić information content (AvgIpc) is 2.28. The quantitative estimate of drug-likeness (QED) is 0.794. The Kier molecular flexibility index (Phi) is 5.66. The summed E-state index contributed by atoms with van der Waals surface area (Å²) in [5, 5.41) is 12.4. The summed E-state index contributed by atoms with van der Waals surface area (Å²) in [5.74, 6) is 0.700. The lowest BCUT2D eigenvalue weighted by atomic mass is 10.00. The Hall–Kier alpha value is -0.860. The normalized spacial score (nSPS) is 14.9. The van der Waals surface area contributed by atoms with Crippen LogP contribution in [0.25, 0.3) is 0 Å². The van der Waals surface area contributed by atoms with E-state index in [0.717, 1.165) is 6.42 Å². The fourth-order valence-corrected chi connectivity index (χ4v) is 1.99. The summed E-state index contributed by atoms with van der Waals surface area (Å²) >= 11 is 0. The molecule has 0 heterocycles. The molecule has 2 atom stereocenters. The Balaban J connectivity index is 2.60. The molecule has 1 aromatic carbocycles. The first kappa shape index (κ1) is 14.2.